The lowest BCUT2D eigenvalue weighted by Gasteiger charge is -2.27. The van der Waals surface area contributed by atoms with E-state index in [-0.39, 0.29) is 57.6 Å². The van der Waals surface area contributed by atoms with E-state index in [1.54, 1.807) is 58.3 Å². The first-order chi connectivity index (χ1) is 25.8. The Morgan fingerprint density at radius 1 is 0.944 bits per heavy atom. The molecule has 54 heavy (non-hydrogen) atoms. The van der Waals surface area contributed by atoms with Crippen molar-refractivity contribution in [3.05, 3.63) is 53.6 Å². The number of benzene rings is 2. The van der Waals surface area contributed by atoms with Crippen molar-refractivity contribution in [1.82, 2.24) is 42.1 Å². The highest BCUT2D eigenvalue weighted by Gasteiger charge is 2.32. The topological polar surface area (TPSA) is 255 Å². The van der Waals surface area contributed by atoms with Crippen molar-refractivity contribution in [3.8, 4) is 16.9 Å². The SMILES string of the molecule is CNCC(O)CNC(=O)[C@H](CCCN=C(N)N(C)C)NC(=O)[C@@H]1Cc2cccc(c2)-c2ccc(O)c(c2)C[C@H](NC)C(=O)N[C@@H](C[C@@H](O)CNC)C(=O)N1. The third-order valence-electron chi connectivity index (χ3n) is 9.05. The summed E-state index contributed by atoms with van der Waals surface area (Å²) in [5.74, 6) is -2.15. The molecule has 0 fully saturated rings. The molecule has 17 heteroatoms. The van der Waals surface area contributed by atoms with E-state index in [2.05, 4.69) is 42.2 Å². The lowest BCUT2D eigenvalue weighted by Crippen LogP contribution is -2.59. The normalized spacial score (nSPS) is 19.6. The summed E-state index contributed by atoms with van der Waals surface area (Å²) in [6.45, 7) is 0.594. The molecule has 1 aliphatic rings. The second-order valence-electron chi connectivity index (χ2n) is 13.7. The van der Waals surface area contributed by atoms with Gasteiger partial charge in [-0.3, -0.25) is 24.2 Å². The number of hydrogen-bond acceptors (Lipinski definition) is 11. The van der Waals surface area contributed by atoms with Crippen LogP contribution in [0.2, 0.25) is 0 Å². The molecule has 298 valence electrons. The van der Waals surface area contributed by atoms with Crippen LogP contribution in [-0.4, -0.2) is 148 Å². The van der Waals surface area contributed by atoms with E-state index in [4.69, 9.17) is 5.73 Å². The molecule has 0 radical (unpaired) electrons. The Morgan fingerprint density at radius 2 is 1.65 bits per heavy atom. The van der Waals surface area contributed by atoms with Crippen molar-refractivity contribution in [2.75, 3.05) is 61.4 Å². The van der Waals surface area contributed by atoms with E-state index in [1.165, 1.54) is 0 Å². The Morgan fingerprint density at radius 3 is 2.33 bits per heavy atom. The van der Waals surface area contributed by atoms with Gasteiger partial charge in [0.05, 0.1) is 18.2 Å². The highest BCUT2D eigenvalue weighted by molar-refractivity contribution is 5.95. The number of amides is 4. The summed E-state index contributed by atoms with van der Waals surface area (Å²) in [6.07, 6.45) is -1.41. The maximum absolute atomic E-state index is 14.2. The number of hydrogen-bond donors (Lipinski definition) is 11. The van der Waals surface area contributed by atoms with Crippen LogP contribution in [0, 0.1) is 0 Å². The third-order valence-corrected chi connectivity index (χ3v) is 9.05. The molecule has 6 atom stereocenters. The molecule has 0 saturated heterocycles. The number of phenolic OH excluding ortho intramolecular Hbond substituents is 1. The van der Waals surface area contributed by atoms with Gasteiger partial charge in [-0.25, -0.2) is 0 Å². The molecule has 0 aromatic heterocycles. The highest BCUT2D eigenvalue weighted by Crippen LogP contribution is 2.28. The van der Waals surface area contributed by atoms with Crippen LogP contribution in [0.5, 0.6) is 5.75 Å². The smallest absolute Gasteiger partial charge is 0.243 e. The molecule has 0 saturated carbocycles. The van der Waals surface area contributed by atoms with Gasteiger partial charge in [0.25, 0.3) is 0 Å². The molecule has 2 aromatic rings. The number of nitrogens with two attached hydrogens (primary N) is 1. The van der Waals surface area contributed by atoms with Crippen LogP contribution in [0.25, 0.3) is 11.1 Å². The van der Waals surface area contributed by atoms with Gasteiger partial charge in [0.2, 0.25) is 23.6 Å². The van der Waals surface area contributed by atoms with Gasteiger partial charge in [-0.2, -0.15) is 0 Å². The number of aliphatic hydroxyl groups is 2. The average molecular weight is 755 g/mol. The fourth-order valence-electron chi connectivity index (χ4n) is 5.99. The van der Waals surface area contributed by atoms with Crippen molar-refractivity contribution in [2.24, 2.45) is 10.7 Å². The van der Waals surface area contributed by atoms with Crippen LogP contribution < -0.4 is 43.0 Å². The van der Waals surface area contributed by atoms with E-state index in [1.807, 2.05) is 24.3 Å². The van der Waals surface area contributed by atoms with Gasteiger partial charge in [0, 0.05) is 59.5 Å². The molecular formula is C37H58N10O7. The lowest BCUT2D eigenvalue weighted by molar-refractivity contribution is -0.134. The fourth-order valence-corrected chi connectivity index (χ4v) is 5.99. The van der Waals surface area contributed by atoms with E-state index in [0.29, 0.717) is 23.5 Å². The maximum Gasteiger partial charge on any atom is 0.243 e. The zero-order valence-electron chi connectivity index (χ0n) is 31.8. The van der Waals surface area contributed by atoms with Crippen molar-refractivity contribution in [3.63, 3.8) is 0 Å². The van der Waals surface area contributed by atoms with Crippen molar-refractivity contribution in [2.45, 2.75) is 68.5 Å². The average Bonchev–Trinajstić information content (AvgIpc) is 3.13. The van der Waals surface area contributed by atoms with E-state index < -0.39 is 60.0 Å². The highest BCUT2D eigenvalue weighted by atomic mass is 16.3. The number of aliphatic imine (C=N–C) groups is 1. The summed E-state index contributed by atoms with van der Waals surface area (Å²) in [6, 6.07) is 8.08. The van der Waals surface area contributed by atoms with Crippen molar-refractivity contribution >= 4 is 29.6 Å². The minimum Gasteiger partial charge on any atom is -0.508 e. The van der Waals surface area contributed by atoms with Crippen LogP contribution >= 0.6 is 0 Å². The number of rotatable bonds is 16. The summed E-state index contributed by atoms with van der Waals surface area (Å²) < 4.78 is 0. The van der Waals surface area contributed by atoms with E-state index >= 15 is 0 Å². The monoisotopic (exact) mass is 754 g/mol. The number of carbonyl (C=O) groups is 4. The second-order valence-corrected chi connectivity index (χ2v) is 13.7. The van der Waals surface area contributed by atoms with Crippen LogP contribution in [0.3, 0.4) is 0 Å². The molecule has 2 aromatic carbocycles. The van der Waals surface area contributed by atoms with Gasteiger partial charge in [0.1, 0.15) is 23.9 Å². The summed E-state index contributed by atoms with van der Waals surface area (Å²) in [4.78, 5) is 61.2. The van der Waals surface area contributed by atoms with E-state index in [0.717, 1.165) is 11.1 Å². The van der Waals surface area contributed by atoms with Gasteiger partial charge in [-0.05, 0) is 68.4 Å². The number of phenols is 1. The number of aromatic hydroxyl groups is 1. The van der Waals surface area contributed by atoms with Gasteiger partial charge < -0.3 is 63.2 Å². The summed E-state index contributed by atoms with van der Waals surface area (Å²) in [5, 5.41) is 51.3. The largest absolute Gasteiger partial charge is 0.508 e. The number of aliphatic hydroxyl groups excluding tert-OH is 2. The molecule has 3 rings (SSSR count). The Balaban J connectivity index is 2.02. The molecule has 12 N–H and O–H groups in total. The van der Waals surface area contributed by atoms with Crippen molar-refractivity contribution < 1.29 is 34.5 Å². The zero-order chi connectivity index (χ0) is 39.8. The number of likely N-dealkylation sites (N-methyl/N-ethyl adjacent to an activating group) is 3. The summed E-state index contributed by atoms with van der Waals surface area (Å²) in [7, 11) is 8.40. The molecule has 0 spiro atoms. The first-order valence-electron chi connectivity index (χ1n) is 18.2. The Labute approximate surface area is 316 Å². The second kappa shape index (κ2) is 21.8. The molecule has 4 amide bonds. The molecular weight excluding hydrogens is 696 g/mol. The molecule has 4 bridgehead atoms. The molecule has 1 aliphatic heterocycles. The standard InChI is InChI=1S/C37H58N10O7/c1-39-19-26(48)18-31-36(54)45-30(35(53)44-28(10-7-13-42-37(38)47(4)5)33(51)43-21-27(49)20-40-2)15-22-8-6-9-23(14-22)24-11-12-32(50)25(16-24)17-29(41-3)34(52)46-31/h6,8-9,11-12,14,16,26-31,39-41,48-50H,7,10,13,15,17-21H2,1-5H3,(H2,38,42)(H,43,51)(H,44,53)(H,45,54)(H,46,52)/t26-,27?,28+,29+,30+,31+/m1/s1. The Kier molecular flexibility index (Phi) is 17.6. The minimum absolute atomic E-state index is 0.00541. The van der Waals surface area contributed by atoms with Gasteiger partial charge in [-0.1, -0.05) is 30.3 Å². The first-order valence-corrected chi connectivity index (χ1v) is 18.2. The fraction of sp³-hybridized carbons (Fsp3) is 0.541. The molecule has 1 heterocycles. The number of nitrogens with one attached hydrogen (secondary N) is 7. The number of nitrogens with zero attached hydrogens (tertiary/aromatic N) is 2. The number of guanidine groups is 1. The molecule has 1 unspecified atom stereocenters. The minimum atomic E-state index is -1.25. The number of fused-ring (bicyclic) bond motifs is 5. The van der Waals surface area contributed by atoms with Crippen LogP contribution in [0.1, 0.15) is 30.4 Å². The Hall–Kier alpha value is -4.81. The lowest BCUT2D eigenvalue weighted by atomic mass is 9.95. The van der Waals surface area contributed by atoms with Crippen LogP contribution in [0.4, 0.5) is 0 Å². The molecule has 17 nitrogen and oxygen atoms in total. The molecule has 0 aliphatic carbocycles. The Bertz CT molecular complexity index is 1590. The third kappa shape index (κ3) is 13.6. The predicted octanol–water partition coefficient (Wildman–Crippen LogP) is -2.48. The van der Waals surface area contributed by atoms with Gasteiger partial charge in [-0.15, -0.1) is 0 Å². The van der Waals surface area contributed by atoms with Crippen LogP contribution in [0.15, 0.2) is 47.5 Å². The van der Waals surface area contributed by atoms with Crippen molar-refractivity contribution in [1.29, 1.82) is 0 Å². The van der Waals surface area contributed by atoms with E-state index in [9.17, 15) is 34.5 Å². The van der Waals surface area contributed by atoms with Crippen LogP contribution in [-0.2, 0) is 32.0 Å². The summed E-state index contributed by atoms with van der Waals surface area (Å²) >= 11 is 0. The first kappa shape index (κ1) is 43.6. The van der Waals surface area contributed by atoms with Gasteiger partial charge in [0.15, 0.2) is 5.96 Å². The quantitative estimate of drug-likeness (QED) is 0.0485. The predicted molar refractivity (Wildman–Crippen MR) is 206 cm³/mol. The summed E-state index contributed by atoms with van der Waals surface area (Å²) in [5.41, 5.74) is 8.66. The number of carbonyl (C=O) groups excluding carboxylic acids is 4. The maximum atomic E-state index is 14.2. The zero-order valence-corrected chi connectivity index (χ0v) is 31.8. The van der Waals surface area contributed by atoms with Gasteiger partial charge >= 0.3 is 0 Å².